The fourth-order valence-corrected chi connectivity index (χ4v) is 2.25. The van der Waals surface area contributed by atoms with Crippen molar-refractivity contribution in [2.24, 2.45) is 0 Å². The summed E-state index contributed by atoms with van der Waals surface area (Å²) >= 11 is 0. The van der Waals surface area contributed by atoms with Gasteiger partial charge >= 0.3 is 11.7 Å². The van der Waals surface area contributed by atoms with Crippen LogP contribution in [0.4, 0.5) is 5.82 Å². The molecule has 2 rings (SSSR count). The van der Waals surface area contributed by atoms with E-state index in [0.29, 0.717) is 5.56 Å². The number of aromatic nitrogens is 2. The van der Waals surface area contributed by atoms with Gasteiger partial charge in [0.15, 0.2) is 0 Å². The molecule has 0 spiro atoms. The average molecular weight is 359 g/mol. The van der Waals surface area contributed by atoms with Crippen LogP contribution in [0.15, 0.2) is 47.4 Å². The van der Waals surface area contributed by atoms with E-state index < -0.39 is 17.8 Å². The largest absolute Gasteiger partial charge is 0.466 e. The zero-order valence-corrected chi connectivity index (χ0v) is 14.4. The van der Waals surface area contributed by atoms with E-state index in [1.165, 1.54) is 16.8 Å². The Morgan fingerprint density at radius 1 is 1.27 bits per heavy atom. The molecule has 1 aromatic carbocycles. The lowest BCUT2D eigenvalue weighted by Gasteiger charge is -2.11. The lowest BCUT2D eigenvalue weighted by Crippen LogP contribution is -2.27. The molecule has 2 aromatic rings. The second kappa shape index (κ2) is 9.47. The van der Waals surface area contributed by atoms with Gasteiger partial charge in [0.1, 0.15) is 5.82 Å². The van der Waals surface area contributed by atoms with Crippen LogP contribution in [-0.4, -0.2) is 39.2 Å². The van der Waals surface area contributed by atoms with E-state index >= 15 is 0 Å². The Balaban J connectivity index is 1.92. The summed E-state index contributed by atoms with van der Waals surface area (Å²) in [6, 6.07) is 10.1. The van der Waals surface area contributed by atoms with Crippen molar-refractivity contribution < 1.29 is 19.4 Å². The van der Waals surface area contributed by atoms with Gasteiger partial charge < -0.3 is 15.2 Å². The second-order valence-corrected chi connectivity index (χ2v) is 5.56. The maximum absolute atomic E-state index is 12.0. The van der Waals surface area contributed by atoms with Gasteiger partial charge in [-0.05, 0) is 31.5 Å². The molecule has 1 aromatic heterocycles. The van der Waals surface area contributed by atoms with E-state index in [0.717, 1.165) is 0 Å². The molecule has 8 heteroatoms. The maximum atomic E-state index is 12.0. The number of esters is 1. The van der Waals surface area contributed by atoms with Crippen LogP contribution in [0.1, 0.15) is 30.1 Å². The summed E-state index contributed by atoms with van der Waals surface area (Å²) < 4.78 is 6.06. The first kappa shape index (κ1) is 19.3. The van der Waals surface area contributed by atoms with Gasteiger partial charge in [0.2, 0.25) is 0 Å². The van der Waals surface area contributed by atoms with Crippen molar-refractivity contribution >= 4 is 17.7 Å². The summed E-state index contributed by atoms with van der Waals surface area (Å²) in [5, 5.41) is 12.4. The number of nitrogens with zero attached hydrogens (tertiary/aromatic N) is 2. The SMILES string of the molecule is CCOC(=O)CC(O)CCn1ccc(NC(=O)c2ccccc2)nc1=O. The number of benzene rings is 1. The number of aliphatic hydroxyl groups excluding tert-OH is 1. The molecular weight excluding hydrogens is 338 g/mol. The Morgan fingerprint density at radius 3 is 2.65 bits per heavy atom. The van der Waals surface area contributed by atoms with E-state index in [9.17, 15) is 19.5 Å². The van der Waals surface area contributed by atoms with Gasteiger partial charge in [0.05, 0.1) is 19.1 Å². The van der Waals surface area contributed by atoms with Crippen LogP contribution in [0.3, 0.4) is 0 Å². The third-order valence-electron chi connectivity index (χ3n) is 3.56. The molecule has 138 valence electrons. The van der Waals surface area contributed by atoms with Gasteiger partial charge in [-0.1, -0.05) is 18.2 Å². The minimum atomic E-state index is -0.904. The minimum Gasteiger partial charge on any atom is -0.466 e. The molecule has 0 aliphatic carbocycles. The van der Waals surface area contributed by atoms with Crippen LogP contribution in [0.25, 0.3) is 0 Å². The van der Waals surface area contributed by atoms with E-state index in [1.54, 1.807) is 37.3 Å². The number of hydrogen-bond acceptors (Lipinski definition) is 6. The summed E-state index contributed by atoms with van der Waals surface area (Å²) in [4.78, 5) is 39.2. The molecule has 0 aliphatic rings. The van der Waals surface area contributed by atoms with Crippen molar-refractivity contribution in [3.8, 4) is 0 Å². The molecule has 0 radical (unpaired) electrons. The van der Waals surface area contributed by atoms with Crippen LogP contribution >= 0.6 is 0 Å². The lowest BCUT2D eigenvalue weighted by atomic mass is 10.2. The number of rotatable bonds is 8. The number of amides is 1. The van der Waals surface area contributed by atoms with Gasteiger partial charge in [0, 0.05) is 18.3 Å². The van der Waals surface area contributed by atoms with Crippen LogP contribution < -0.4 is 11.0 Å². The number of hydrogen-bond donors (Lipinski definition) is 2. The Labute approximate surface area is 150 Å². The summed E-state index contributed by atoms with van der Waals surface area (Å²) in [7, 11) is 0. The first-order valence-corrected chi connectivity index (χ1v) is 8.27. The van der Waals surface area contributed by atoms with Gasteiger partial charge in [-0.25, -0.2) is 4.79 Å². The van der Waals surface area contributed by atoms with Crippen LogP contribution in [0.5, 0.6) is 0 Å². The fourth-order valence-electron chi connectivity index (χ4n) is 2.25. The zero-order valence-electron chi connectivity index (χ0n) is 14.4. The van der Waals surface area contributed by atoms with Crippen LogP contribution in [0.2, 0.25) is 0 Å². The molecule has 0 aliphatic heterocycles. The number of carbonyl (C=O) groups excluding carboxylic acids is 2. The number of aryl methyl sites for hydroxylation is 1. The highest BCUT2D eigenvalue weighted by atomic mass is 16.5. The molecule has 0 saturated heterocycles. The third kappa shape index (κ3) is 5.82. The molecule has 2 N–H and O–H groups in total. The summed E-state index contributed by atoms with van der Waals surface area (Å²) in [5.74, 6) is -0.697. The van der Waals surface area contributed by atoms with E-state index in [-0.39, 0.29) is 37.7 Å². The number of nitrogens with one attached hydrogen (secondary N) is 1. The van der Waals surface area contributed by atoms with Crippen LogP contribution in [-0.2, 0) is 16.1 Å². The number of aliphatic hydroxyl groups is 1. The molecule has 1 amide bonds. The Bertz CT molecular complexity index is 804. The van der Waals surface area contributed by atoms with Crippen molar-refractivity contribution in [1.82, 2.24) is 9.55 Å². The quantitative estimate of drug-likeness (QED) is 0.685. The second-order valence-electron chi connectivity index (χ2n) is 5.56. The van der Waals surface area contributed by atoms with Crippen molar-refractivity contribution in [2.45, 2.75) is 32.4 Å². The fraction of sp³-hybridized carbons (Fsp3) is 0.333. The van der Waals surface area contributed by atoms with Crippen molar-refractivity contribution in [2.75, 3.05) is 11.9 Å². The predicted octanol–water partition coefficient (Wildman–Crippen LogP) is 1.20. The Kier molecular flexibility index (Phi) is 7.04. The summed E-state index contributed by atoms with van der Waals surface area (Å²) in [5.41, 5.74) is -0.0974. The van der Waals surface area contributed by atoms with Gasteiger partial charge in [0.25, 0.3) is 5.91 Å². The van der Waals surface area contributed by atoms with Gasteiger partial charge in [-0.2, -0.15) is 4.98 Å². The Morgan fingerprint density at radius 2 is 2.00 bits per heavy atom. The van der Waals surface area contributed by atoms with Crippen molar-refractivity contribution in [3.05, 3.63) is 58.6 Å². The summed E-state index contributed by atoms with van der Waals surface area (Å²) in [6.45, 7) is 2.14. The first-order valence-electron chi connectivity index (χ1n) is 8.27. The molecule has 0 bridgehead atoms. The van der Waals surface area contributed by atoms with E-state index in [1.807, 2.05) is 0 Å². The number of ether oxygens (including phenoxy) is 1. The standard InChI is InChI=1S/C18H21N3O5/c1-2-26-16(23)12-14(22)8-10-21-11-9-15(20-18(21)25)19-17(24)13-6-4-3-5-7-13/h3-7,9,11,14,22H,2,8,10,12H2,1H3,(H,19,20,24,25). The normalized spacial score (nSPS) is 11.6. The minimum absolute atomic E-state index is 0.124. The molecule has 26 heavy (non-hydrogen) atoms. The highest BCUT2D eigenvalue weighted by Crippen LogP contribution is 2.06. The smallest absolute Gasteiger partial charge is 0.349 e. The monoisotopic (exact) mass is 359 g/mol. The van der Waals surface area contributed by atoms with Crippen molar-refractivity contribution in [3.63, 3.8) is 0 Å². The van der Waals surface area contributed by atoms with Crippen LogP contribution in [0, 0.1) is 0 Å². The van der Waals surface area contributed by atoms with Gasteiger partial charge in [-0.15, -0.1) is 0 Å². The molecule has 0 saturated carbocycles. The highest BCUT2D eigenvalue weighted by molar-refractivity contribution is 6.03. The average Bonchev–Trinajstić information content (AvgIpc) is 2.62. The van der Waals surface area contributed by atoms with Crippen molar-refractivity contribution in [1.29, 1.82) is 0 Å². The predicted molar refractivity (Wildman–Crippen MR) is 94.8 cm³/mol. The lowest BCUT2D eigenvalue weighted by molar-refractivity contribution is -0.145. The van der Waals surface area contributed by atoms with Gasteiger partial charge in [-0.3, -0.25) is 14.2 Å². The number of anilines is 1. The van der Waals surface area contributed by atoms with E-state index in [2.05, 4.69) is 10.3 Å². The maximum Gasteiger partial charge on any atom is 0.349 e. The molecule has 8 nitrogen and oxygen atoms in total. The van der Waals surface area contributed by atoms with E-state index in [4.69, 9.17) is 4.74 Å². The zero-order chi connectivity index (χ0) is 18.9. The molecule has 1 unspecified atom stereocenters. The Hall–Kier alpha value is -3.00. The molecule has 1 atom stereocenters. The highest BCUT2D eigenvalue weighted by Gasteiger charge is 2.13. The molecule has 0 fully saturated rings. The topological polar surface area (TPSA) is 111 Å². The number of carbonyl (C=O) groups is 2. The first-order chi connectivity index (χ1) is 12.5. The molecular formula is C18H21N3O5. The third-order valence-corrected chi connectivity index (χ3v) is 3.56. The summed E-state index contributed by atoms with van der Waals surface area (Å²) in [6.07, 6.45) is 0.656. The molecule has 1 heterocycles.